The molecule has 0 atom stereocenters. The lowest BCUT2D eigenvalue weighted by atomic mass is 10.0. The van der Waals surface area contributed by atoms with E-state index in [2.05, 4.69) is 9.97 Å². The van der Waals surface area contributed by atoms with Crippen molar-refractivity contribution in [3.05, 3.63) is 60.8 Å². The van der Waals surface area contributed by atoms with Crippen LogP contribution in [0.5, 0.6) is 0 Å². The number of nitrogens with two attached hydrogens (primary N) is 1. The van der Waals surface area contributed by atoms with Crippen LogP contribution in [0.15, 0.2) is 65.2 Å². The molecular weight excluding hydrogens is 386 g/mol. The van der Waals surface area contributed by atoms with Crippen LogP contribution in [0.1, 0.15) is 12.8 Å². The standard InChI is InChI=1S/C23H20F2N4O/c24-23(25)8-10-29(11-9-23)21-18(22-28-19-6-1-2-7-20(19)30-22)13-16(14-27-21)15-4-3-5-17(26)12-15/h1-7,12-14H,8-11,26H2. The molecule has 30 heavy (non-hydrogen) atoms. The molecule has 0 radical (unpaired) electrons. The van der Waals surface area contributed by atoms with Crippen LogP contribution in [0.4, 0.5) is 20.3 Å². The number of nitrogens with zero attached hydrogens (tertiary/aromatic N) is 3. The summed E-state index contributed by atoms with van der Waals surface area (Å²) in [5.41, 5.74) is 10.4. The first-order chi connectivity index (χ1) is 14.5. The zero-order valence-corrected chi connectivity index (χ0v) is 16.2. The number of benzene rings is 2. The van der Waals surface area contributed by atoms with E-state index in [1.54, 1.807) is 6.20 Å². The Hall–Kier alpha value is -3.48. The van der Waals surface area contributed by atoms with Crippen LogP contribution in [-0.4, -0.2) is 29.0 Å². The number of para-hydroxylation sites is 2. The van der Waals surface area contributed by atoms with E-state index in [1.165, 1.54) is 0 Å². The van der Waals surface area contributed by atoms with E-state index in [9.17, 15) is 8.78 Å². The van der Waals surface area contributed by atoms with Crippen molar-refractivity contribution in [3.8, 4) is 22.6 Å². The van der Waals surface area contributed by atoms with Crippen molar-refractivity contribution in [2.24, 2.45) is 0 Å². The van der Waals surface area contributed by atoms with Gasteiger partial charge in [-0.1, -0.05) is 24.3 Å². The summed E-state index contributed by atoms with van der Waals surface area (Å²) in [5.74, 6) is -1.61. The third kappa shape index (κ3) is 3.47. The third-order valence-corrected chi connectivity index (χ3v) is 5.41. The average molecular weight is 406 g/mol. The van der Waals surface area contributed by atoms with Gasteiger partial charge in [-0.2, -0.15) is 0 Å². The summed E-state index contributed by atoms with van der Waals surface area (Å²) in [6.07, 6.45) is 1.35. The molecule has 0 bridgehead atoms. The van der Waals surface area contributed by atoms with Gasteiger partial charge in [-0.25, -0.2) is 18.7 Å². The first kappa shape index (κ1) is 18.5. The molecule has 0 aliphatic carbocycles. The molecule has 2 aromatic carbocycles. The lowest BCUT2D eigenvalue weighted by Crippen LogP contribution is -2.40. The summed E-state index contributed by atoms with van der Waals surface area (Å²) in [7, 11) is 0. The second kappa shape index (κ2) is 7.09. The van der Waals surface area contributed by atoms with Crippen LogP contribution in [0, 0.1) is 0 Å². The molecule has 1 aliphatic rings. The van der Waals surface area contributed by atoms with E-state index < -0.39 is 5.92 Å². The van der Waals surface area contributed by atoms with Gasteiger partial charge in [0.2, 0.25) is 5.89 Å². The quantitative estimate of drug-likeness (QED) is 0.463. The van der Waals surface area contributed by atoms with Crippen LogP contribution in [0.3, 0.4) is 0 Å². The Morgan fingerprint density at radius 2 is 1.77 bits per heavy atom. The van der Waals surface area contributed by atoms with E-state index in [1.807, 2.05) is 59.5 Å². The Morgan fingerprint density at radius 1 is 0.967 bits per heavy atom. The Bertz CT molecular complexity index is 1180. The predicted octanol–water partition coefficient (Wildman–Crippen LogP) is 5.37. The zero-order chi connectivity index (χ0) is 20.7. The van der Waals surface area contributed by atoms with E-state index in [0.29, 0.717) is 28.5 Å². The van der Waals surface area contributed by atoms with Crippen LogP contribution < -0.4 is 10.6 Å². The molecule has 4 aromatic rings. The monoisotopic (exact) mass is 406 g/mol. The second-order valence-electron chi connectivity index (χ2n) is 7.55. The van der Waals surface area contributed by atoms with E-state index in [-0.39, 0.29) is 25.9 Å². The molecule has 1 fully saturated rings. The smallest absolute Gasteiger partial charge is 0.251 e. The minimum Gasteiger partial charge on any atom is -0.436 e. The summed E-state index contributed by atoms with van der Waals surface area (Å²) in [4.78, 5) is 11.1. The molecule has 152 valence electrons. The predicted molar refractivity (Wildman–Crippen MR) is 113 cm³/mol. The fourth-order valence-corrected chi connectivity index (χ4v) is 3.78. The van der Waals surface area contributed by atoms with Gasteiger partial charge in [-0.3, -0.25) is 0 Å². The molecule has 1 aliphatic heterocycles. The highest BCUT2D eigenvalue weighted by molar-refractivity contribution is 5.82. The zero-order valence-electron chi connectivity index (χ0n) is 16.2. The van der Waals surface area contributed by atoms with Crippen molar-refractivity contribution in [2.75, 3.05) is 23.7 Å². The number of alkyl halides is 2. The van der Waals surface area contributed by atoms with Crippen molar-refractivity contribution < 1.29 is 13.2 Å². The summed E-state index contributed by atoms with van der Waals surface area (Å²) in [6.45, 7) is 0.454. The van der Waals surface area contributed by atoms with E-state index in [4.69, 9.17) is 10.2 Å². The Morgan fingerprint density at radius 3 is 2.53 bits per heavy atom. The number of anilines is 2. The summed E-state index contributed by atoms with van der Waals surface area (Å²) < 4.78 is 33.4. The molecule has 1 saturated heterocycles. The van der Waals surface area contributed by atoms with Gasteiger partial charge >= 0.3 is 0 Å². The molecule has 0 unspecified atom stereocenters. The number of pyridine rings is 1. The number of hydrogen-bond donors (Lipinski definition) is 1. The highest BCUT2D eigenvalue weighted by atomic mass is 19.3. The highest BCUT2D eigenvalue weighted by Gasteiger charge is 2.35. The van der Waals surface area contributed by atoms with Gasteiger partial charge in [0, 0.05) is 43.4 Å². The van der Waals surface area contributed by atoms with Crippen molar-refractivity contribution in [1.29, 1.82) is 0 Å². The van der Waals surface area contributed by atoms with Crippen molar-refractivity contribution in [2.45, 2.75) is 18.8 Å². The number of rotatable bonds is 3. The number of piperidine rings is 1. The van der Waals surface area contributed by atoms with Gasteiger partial charge < -0.3 is 15.1 Å². The Labute approximate surface area is 172 Å². The number of nitrogen functional groups attached to an aromatic ring is 1. The first-order valence-electron chi connectivity index (χ1n) is 9.83. The largest absolute Gasteiger partial charge is 0.436 e. The van der Waals surface area contributed by atoms with Gasteiger partial charge in [0.05, 0.1) is 5.56 Å². The molecule has 3 heterocycles. The van der Waals surface area contributed by atoms with Crippen molar-refractivity contribution in [3.63, 3.8) is 0 Å². The summed E-state index contributed by atoms with van der Waals surface area (Å²) in [5, 5.41) is 0. The minimum absolute atomic E-state index is 0.196. The Balaban J connectivity index is 1.63. The van der Waals surface area contributed by atoms with Gasteiger partial charge in [-0.15, -0.1) is 0 Å². The van der Waals surface area contributed by atoms with Crippen LogP contribution in [0.25, 0.3) is 33.7 Å². The normalized spacial score (nSPS) is 16.1. The lowest BCUT2D eigenvalue weighted by molar-refractivity contribution is -0.0221. The molecule has 0 saturated carbocycles. The number of fused-ring (bicyclic) bond motifs is 1. The van der Waals surface area contributed by atoms with Gasteiger partial charge in [0.1, 0.15) is 11.3 Å². The average Bonchev–Trinajstić information content (AvgIpc) is 3.18. The summed E-state index contributed by atoms with van der Waals surface area (Å²) in [6, 6.07) is 17.0. The topological polar surface area (TPSA) is 68.2 Å². The van der Waals surface area contributed by atoms with Gasteiger partial charge in [0.25, 0.3) is 5.92 Å². The van der Waals surface area contributed by atoms with E-state index in [0.717, 1.165) is 16.6 Å². The van der Waals surface area contributed by atoms with Crippen LogP contribution in [-0.2, 0) is 0 Å². The number of aromatic nitrogens is 2. The molecule has 7 heteroatoms. The maximum Gasteiger partial charge on any atom is 0.251 e. The van der Waals surface area contributed by atoms with Gasteiger partial charge in [0.15, 0.2) is 5.58 Å². The minimum atomic E-state index is -2.63. The Kier molecular flexibility index (Phi) is 4.38. The molecule has 5 nitrogen and oxygen atoms in total. The first-order valence-corrected chi connectivity index (χ1v) is 9.83. The molecule has 2 aromatic heterocycles. The van der Waals surface area contributed by atoms with Crippen molar-refractivity contribution in [1.82, 2.24) is 9.97 Å². The lowest BCUT2D eigenvalue weighted by Gasteiger charge is -2.33. The number of halogens is 2. The maximum absolute atomic E-state index is 13.7. The fraction of sp³-hybridized carbons (Fsp3) is 0.217. The van der Waals surface area contributed by atoms with Crippen LogP contribution >= 0.6 is 0 Å². The van der Waals surface area contributed by atoms with Gasteiger partial charge in [-0.05, 0) is 35.9 Å². The number of hydrogen-bond acceptors (Lipinski definition) is 5. The maximum atomic E-state index is 13.7. The van der Waals surface area contributed by atoms with Crippen LogP contribution in [0.2, 0.25) is 0 Å². The second-order valence-corrected chi connectivity index (χ2v) is 7.55. The highest BCUT2D eigenvalue weighted by Crippen LogP contribution is 2.37. The molecule has 0 spiro atoms. The summed E-state index contributed by atoms with van der Waals surface area (Å²) >= 11 is 0. The van der Waals surface area contributed by atoms with E-state index >= 15 is 0 Å². The third-order valence-electron chi connectivity index (χ3n) is 5.41. The molecule has 2 N–H and O–H groups in total. The molecule has 5 rings (SSSR count). The van der Waals surface area contributed by atoms with Crippen molar-refractivity contribution >= 4 is 22.6 Å². The molecule has 0 amide bonds. The number of oxazole rings is 1. The SMILES string of the molecule is Nc1cccc(-c2cnc(N3CCC(F)(F)CC3)c(-c3nc4ccccc4o3)c2)c1. The molecular formula is C23H20F2N4O. The fourth-order valence-electron chi connectivity index (χ4n) is 3.78.